The van der Waals surface area contributed by atoms with Gasteiger partial charge >= 0.3 is 6.18 Å². The quantitative estimate of drug-likeness (QED) is 0.807. The lowest BCUT2D eigenvalue weighted by Gasteiger charge is -2.31. The molecule has 2 fully saturated rings. The molecule has 1 N–H and O–H groups in total. The number of aromatic nitrogens is 2. The van der Waals surface area contributed by atoms with Crippen molar-refractivity contribution >= 4 is 27.6 Å². The van der Waals surface area contributed by atoms with Crippen LogP contribution < -0.4 is 5.32 Å². The van der Waals surface area contributed by atoms with Crippen LogP contribution in [0.15, 0.2) is 6.20 Å². The number of halogens is 4. The van der Waals surface area contributed by atoms with Crippen molar-refractivity contribution in [2.75, 3.05) is 18.4 Å². The SMILES string of the molecule is O=S(=O)(C1CC1)N1CCC(Nc2ncc(C(F)(F)F)c(Cl)n2)CC1. The Morgan fingerprint density at radius 1 is 1.21 bits per heavy atom. The van der Waals surface area contributed by atoms with Crippen molar-refractivity contribution in [1.29, 1.82) is 0 Å². The van der Waals surface area contributed by atoms with Gasteiger partial charge in [-0.15, -0.1) is 0 Å². The molecule has 0 unspecified atom stereocenters. The zero-order valence-corrected chi connectivity index (χ0v) is 14.1. The highest BCUT2D eigenvalue weighted by Crippen LogP contribution is 2.34. The van der Waals surface area contributed by atoms with Crippen molar-refractivity contribution in [1.82, 2.24) is 14.3 Å². The van der Waals surface area contributed by atoms with E-state index < -0.39 is 26.9 Å². The number of rotatable bonds is 4. The summed E-state index contributed by atoms with van der Waals surface area (Å²) in [4.78, 5) is 7.28. The Morgan fingerprint density at radius 2 is 1.83 bits per heavy atom. The molecule has 6 nitrogen and oxygen atoms in total. The summed E-state index contributed by atoms with van der Waals surface area (Å²) in [6, 6.07) is -0.108. The molecule has 1 saturated heterocycles. The molecule has 2 aliphatic rings. The van der Waals surface area contributed by atoms with Crippen molar-refractivity contribution in [3.8, 4) is 0 Å². The molecule has 0 amide bonds. The summed E-state index contributed by atoms with van der Waals surface area (Å²) >= 11 is 5.56. The molecule has 24 heavy (non-hydrogen) atoms. The zero-order valence-electron chi connectivity index (χ0n) is 12.6. The van der Waals surface area contributed by atoms with Crippen LogP contribution >= 0.6 is 11.6 Å². The van der Waals surface area contributed by atoms with Crippen LogP contribution in [0.25, 0.3) is 0 Å². The molecular formula is C13H16ClF3N4O2S. The maximum absolute atomic E-state index is 12.6. The van der Waals surface area contributed by atoms with E-state index in [1.807, 2.05) is 0 Å². The average molecular weight is 385 g/mol. The molecule has 1 aromatic rings. The molecule has 0 spiro atoms. The standard InChI is InChI=1S/C13H16ClF3N4O2S/c14-11-10(13(15,16)17)7-18-12(20-11)19-8-3-5-21(6-4-8)24(22,23)9-1-2-9/h7-9H,1-6H2,(H,18,19,20). The third-order valence-electron chi connectivity index (χ3n) is 4.14. The van der Waals surface area contributed by atoms with Gasteiger partial charge in [-0.25, -0.2) is 22.7 Å². The smallest absolute Gasteiger partial charge is 0.351 e. The van der Waals surface area contributed by atoms with Gasteiger partial charge in [0.1, 0.15) is 10.7 Å². The minimum Gasteiger partial charge on any atom is -0.351 e. The zero-order chi connectivity index (χ0) is 17.5. The van der Waals surface area contributed by atoms with Crippen LogP contribution in [0, 0.1) is 0 Å². The van der Waals surface area contributed by atoms with Crippen LogP contribution in [-0.2, 0) is 16.2 Å². The molecule has 1 aromatic heterocycles. The topological polar surface area (TPSA) is 75.2 Å². The molecule has 134 valence electrons. The summed E-state index contributed by atoms with van der Waals surface area (Å²) in [7, 11) is -3.19. The number of nitrogens with zero attached hydrogens (tertiary/aromatic N) is 3. The Hall–Kier alpha value is -1.13. The third-order valence-corrected chi connectivity index (χ3v) is 6.83. The number of alkyl halides is 3. The van der Waals surface area contributed by atoms with Gasteiger partial charge in [-0.2, -0.15) is 13.2 Å². The molecule has 0 bridgehead atoms. The van der Waals surface area contributed by atoms with Crippen molar-refractivity contribution < 1.29 is 21.6 Å². The Kier molecular flexibility index (Phi) is 4.65. The van der Waals surface area contributed by atoms with Crippen LogP contribution in [0.5, 0.6) is 0 Å². The first kappa shape index (κ1) is 17.7. The summed E-state index contributed by atoms with van der Waals surface area (Å²) in [6.07, 6.45) is -1.44. The number of anilines is 1. The van der Waals surface area contributed by atoms with E-state index >= 15 is 0 Å². The van der Waals surface area contributed by atoms with Gasteiger partial charge in [-0.3, -0.25) is 0 Å². The second kappa shape index (κ2) is 6.30. The van der Waals surface area contributed by atoms with Gasteiger partial charge in [-0.05, 0) is 25.7 Å². The third kappa shape index (κ3) is 3.75. The molecular weight excluding hydrogens is 369 g/mol. The van der Waals surface area contributed by atoms with Crippen molar-refractivity contribution in [3.63, 3.8) is 0 Å². The maximum atomic E-state index is 12.6. The van der Waals surface area contributed by atoms with Crippen LogP contribution in [0.2, 0.25) is 5.15 Å². The largest absolute Gasteiger partial charge is 0.420 e. The van der Waals surface area contributed by atoms with E-state index in [4.69, 9.17) is 11.6 Å². The highest BCUT2D eigenvalue weighted by Gasteiger charge is 2.41. The molecule has 1 aliphatic heterocycles. The number of sulfonamides is 1. The first-order chi connectivity index (χ1) is 11.2. The number of hydrogen-bond acceptors (Lipinski definition) is 5. The Balaban J connectivity index is 1.59. The van der Waals surface area contributed by atoms with E-state index in [0.717, 1.165) is 12.8 Å². The average Bonchev–Trinajstić information content (AvgIpc) is 3.31. The summed E-state index contributed by atoms with van der Waals surface area (Å²) in [6.45, 7) is 0.760. The molecule has 2 heterocycles. The van der Waals surface area contributed by atoms with E-state index in [0.29, 0.717) is 32.1 Å². The molecule has 0 atom stereocenters. The van der Waals surface area contributed by atoms with E-state index in [2.05, 4.69) is 15.3 Å². The van der Waals surface area contributed by atoms with Crippen LogP contribution in [0.1, 0.15) is 31.2 Å². The van der Waals surface area contributed by atoms with E-state index in [-0.39, 0.29) is 17.2 Å². The first-order valence-corrected chi connectivity index (χ1v) is 9.41. The minimum atomic E-state index is -4.60. The summed E-state index contributed by atoms with van der Waals surface area (Å²) in [5.41, 5.74) is -1.08. The number of nitrogens with one attached hydrogen (secondary N) is 1. The summed E-state index contributed by atoms with van der Waals surface area (Å²) < 4.78 is 63.6. The van der Waals surface area contributed by atoms with E-state index in [1.165, 1.54) is 4.31 Å². The highest BCUT2D eigenvalue weighted by molar-refractivity contribution is 7.90. The van der Waals surface area contributed by atoms with Gasteiger partial charge in [0.05, 0.1) is 5.25 Å². The lowest BCUT2D eigenvalue weighted by Crippen LogP contribution is -2.43. The maximum Gasteiger partial charge on any atom is 0.420 e. The number of hydrogen-bond donors (Lipinski definition) is 1. The van der Waals surface area contributed by atoms with Gasteiger partial charge < -0.3 is 5.32 Å². The number of piperidine rings is 1. The summed E-state index contributed by atoms with van der Waals surface area (Å²) in [5.74, 6) is 0.0106. The predicted octanol–water partition coefficient (Wildman–Crippen LogP) is 2.52. The summed E-state index contributed by atoms with van der Waals surface area (Å²) in [5, 5.41) is 2.03. The monoisotopic (exact) mass is 384 g/mol. The molecule has 11 heteroatoms. The highest BCUT2D eigenvalue weighted by atomic mass is 35.5. The fourth-order valence-electron chi connectivity index (χ4n) is 2.63. The van der Waals surface area contributed by atoms with Crippen molar-refractivity contribution in [2.45, 2.75) is 43.2 Å². The lowest BCUT2D eigenvalue weighted by atomic mass is 10.1. The lowest BCUT2D eigenvalue weighted by molar-refractivity contribution is -0.137. The van der Waals surface area contributed by atoms with Gasteiger partial charge in [0.25, 0.3) is 0 Å². The van der Waals surface area contributed by atoms with Gasteiger partial charge in [0, 0.05) is 25.3 Å². The van der Waals surface area contributed by atoms with Gasteiger partial charge in [-0.1, -0.05) is 11.6 Å². The molecule has 0 radical (unpaired) electrons. The fourth-order valence-corrected chi connectivity index (χ4v) is 4.74. The second-order valence-corrected chi connectivity index (χ2v) is 8.53. The van der Waals surface area contributed by atoms with Crippen LogP contribution in [0.4, 0.5) is 19.1 Å². The fraction of sp³-hybridized carbons (Fsp3) is 0.692. The predicted molar refractivity (Wildman–Crippen MR) is 82.2 cm³/mol. The Labute approximate surface area is 142 Å². The Bertz CT molecular complexity index is 716. The molecule has 1 aliphatic carbocycles. The normalized spacial score (nSPS) is 21.0. The molecule has 0 aromatic carbocycles. The van der Waals surface area contributed by atoms with Crippen LogP contribution in [0.3, 0.4) is 0 Å². The molecule has 1 saturated carbocycles. The minimum absolute atomic E-state index is 0.0106. The van der Waals surface area contributed by atoms with Crippen LogP contribution in [-0.4, -0.2) is 47.1 Å². The van der Waals surface area contributed by atoms with Gasteiger partial charge in [0.2, 0.25) is 16.0 Å². The van der Waals surface area contributed by atoms with Gasteiger partial charge in [0.15, 0.2) is 0 Å². The second-order valence-electron chi connectivity index (χ2n) is 5.96. The van der Waals surface area contributed by atoms with E-state index in [9.17, 15) is 21.6 Å². The first-order valence-electron chi connectivity index (χ1n) is 7.53. The van der Waals surface area contributed by atoms with Crippen molar-refractivity contribution in [2.24, 2.45) is 0 Å². The Morgan fingerprint density at radius 3 is 2.33 bits per heavy atom. The molecule has 3 rings (SSSR count). The van der Waals surface area contributed by atoms with E-state index in [1.54, 1.807) is 0 Å². The van der Waals surface area contributed by atoms with Crippen molar-refractivity contribution in [3.05, 3.63) is 16.9 Å².